The van der Waals surface area contributed by atoms with Gasteiger partial charge in [-0.05, 0) is 69.5 Å². The molecule has 11 nitrogen and oxygen atoms in total. The number of amides is 3. The van der Waals surface area contributed by atoms with E-state index >= 15 is 0 Å². The third-order valence-electron chi connectivity index (χ3n) is 6.58. The number of nitrogens with one attached hydrogen (secondary N) is 2. The maximum atomic E-state index is 14.4. The number of nitrogens with zero attached hydrogens (tertiary/aromatic N) is 1. The van der Waals surface area contributed by atoms with Gasteiger partial charge in [0.15, 0.2) is 0 Å². The minimum atomic E-state index is -1.18. The molecule has 2 rings (SSSR count). The van der Waals surface area contributed by atoms with Crippen LogP contribution in [0.3, 0.4) is 0 Å². The predicted molar refractivity (Wildman–Crippen MR) is 166 cm³/mol. The monoisotopic (exact) mass is 613 g/mol. The normalized spacial score (nSPS) is 12.5. The number of rotatable bonds is 16. The summed E-state index contributed by atoms with van der Waals surface area (Å²) in [6, 6.07) is 10.0. The smallest absolute Gasteiger partial charge is 0.408 e. The van der Waals surface area contributed by atoms with Gasteiger partial charge in [-0.2, -0.15) is 0 Å². The van der Waals surface area contributed by atoms with E-state index in [0.29, 0.717) is 17.5 Å². The van der Waals surface area contributed by atoms with E-state index in [1.54, 1.807) is 52.0 Å². The van der Waals surface area contributed by atoms with Gasteiger partial charge in [-0.15, -0.1) is 0 Å². The minimum Gasteiger partial charge on any atom is -0.508 e. The summed E-state index contributed by atoms with van der Waals surface area (Å²) < 4.78 is 10.4. The van der Waals surface area contributed by atoms with E-state index in [9.17, 15) is 29.4 Å². The zero-order valence-corrected chi connectivity index (χ0v) is 26.4. The van der Waals surface area contributed by atoms with E-state index in [4.69, 9.17) is 9.47 Å². The lowest BCUT2D eigenvalue weighted by atomic mass is 9.99. The molecule has 0 aliphatic carbocycles. The summed E-state index contributed by atoms with van der Waals surface area (Å²) in [4.78, 5) is 54.4. The fourth-order valence-corrected chi connectivity index (χ4v) is 4.58. The van der Waals surface area contributed by atoms with Gasteiger partial charge in [0.1, 0.15) is 29.2 Å². The van der Waals surface area contributed by atoms with Crippen LogP contribution in [0, 0.1) is 0 Å². The number of phenols is 2. The maximum Gasteiger partial charge on any atom is 0.408 e. The van der Waals surface area contributed by atoms with Crippen molar-refractivity contribution < 1.29 is 38.9 Å². The molecule has 2 unspecified atom stereocenters. The number of ether oxygens (including phenoxy) is 2. The molecule has 2 atom stereocenters. The third-order valence-corrected chi connectivity index (χ3v) is 6.58. The topological polar surface area (TPSA) is 154 Å². The second-order valence-corrected chi connectivity index (χ2v) is 11.5. The molecule has 0 saturated carbocycles. The number of benzene rings is 2. The number of aromatic hydroxyl groups is 2. The van der Waals surface area contributed by atoms with Crippen LogP contribution >= 0.6 is 0 Å². The van der Waals surface area contributed by atoms with Gasteiger partial charge in [0.05, 0.1) is 13.0 Å². The van der Waals surface area contributed by atoms with Crippen LogP contribution in [-0.4, -0.2) is 70.3 Å². The highest BCUT2D eigenvalue weighted by Gasteiger charge is 2.36. The molecular weight excluding hydrogens is 566 g/mol. The van der Waals surface area contributed by atoms with E-state index in [1.807, 2.05) is 0 Å². The van der Waals surface area contributed by atoms with Crippen molar-refractivity contribution in [3.8, 4) is 11.5 Å². The summed E-state index contributed by atoms with van der Waals surface area (Å²) in [5.74, 6) is -1.58. The Morgan fingerprint density at radius 2 is 1.64 bits per heavy atom. The summed E-state index contributed by atoms with van der Waals surface area (Å²) in [5, 5.41) is 25.5. The number of carbonyl (C=O) groups is 4. The molecule has 2 aromatic rings. The number of carbonyl (C=O) groups excluding carboxylic acids is 4. The number of hydrogen-bond acceptors (Lipinski definition) is 8. The zero-order valence-electron chi connectivity index (χ0n) is 26.4. The van der Waals surface area contributed by atoms with Crippen molar-refractivity contribution in [2.75, 3.05) is 19.7 Å². The number of alkyl carbamates (subject to hydrolysis) is 1. The molecule has 0 aliphatic heterocycles. The lowest BCUT2D eigenvalue weighted by Crippen LogP contribution is -2.54. The molecule has 11 heteroatoms. The molecular formula is C33H47N3O8. The SMILES string of the molecule is CCCCCCN(C(=O)C(Cc1ccc(O)cc1)NC(=O)OC(C)(C)C)C(C(=O)NCCC(=O)OCC)c1cccc(O)c1. The molecule has 0 spiro atoms. The summed E-state index contributed by atoms with van der Waals surface area (Å²) in [5.41, 5.74) is 0.206. The average molecular weight is 614 g/mol. The third kappa shape index (κ3) is 12.5. The number of unbranched alkanes of at least 4 members (excludes halogenated alkanes) is 3. The standard InChI is InChI=1S/C33H47N3O8/c1-6-8-9-10-20-36(29(24-12-11-13-26(38)22-24)30(40)34-19-18-28(39)43-7-2)31(41)27(35-32(42)44-33(3,4)5)21-23-14-16-25(37)17-15-23/h11-17,22,27,29,37-38H,6-10,18-21H2,1-5H3,(H,34,40)(H,35,42). The molecule has 44 heavy (non-hydrogen) atoms. The van der Waals surface area contributed by atoms with Crippen LogP contribution in [0.15, 0.2) is 48.5 Å². The van der Waals surface area contributed by atoms with E-state index in [0.717, 1.165) is 19.3 Å². The molecule has 0 fully saturated rings. The van der Waals surface area contributed by atoms with Crippen LogP contribution in [0.25, 0.3) is 0 Å². The first-order valence-corrected chi connectivity index (χ1v) is 15.1. The van der Waals surface area contributed by atoms with Crippen LogP contribution in [0.2, 0.25) is 0 Å². The molecule has 0 radical (unpaired) electrons. The van der Waals surface area contributed by atoms with E-state index in [2.05, 4.69) is 17.6 Å². The molecule has 0 aromatic heterocycles. The molecule has 0 bridgehead atoms. The van der Waals surface area contributed by atoms with Crippen molar-refractivity contribution in [1.82, 2.24) is 15.5 Å². The highest BCUT2D eigenvalue weighted by Crippen LogP contribution is 2.27. The van der Waals surface area contributed by atoms with Crippen molar-refractivity contribution in [3.63, 3.8) is 0 Å². The van der Waals surface area contributed by atoms with Crippen LogP contribution in [0.4, 0.5) is 4.79 Å². The van der Waals surface area contributed by atoms with Crippen LogP contribution < -0.4 is 10.6 Å². The lowest BCUT2D eigenvalue weighted by Gasteiger charge is -2.34. The van der Waals surface area contributed by atoms with Gasteiger partial charge < -0.3 is 35.2 Å². The second-order valence-electron chi connectivity index (χ2n) is 11.5. The van der Waals surface area contributed by atoms with Gasteiger partial charge in [0.25, 0.3) is 0 Å². The molecule has 2 aromatic carbocycles. The van der Waals surface area contributed by atoms with Crippen LogP contribution in [0.5, 0.6) is 11.5 Å². The Labute approximate surface area is 259 Å². The van der Waals surface area contributed by atoms with Gasteiger partial charge in [-0.1, -0.05) is 50.5 Å². The molecule has 4 N–H and O–H groups in total. The van der Waals surface area contributed by atoms with Crippen molar-refractivity contribution in [3.05, 3.63) is 59.7 Å². The number of hydrogen-bond donors (Lipinski definition) is 4. The van der Waals surface area contributed by atoms with Gasteiger partial charge in [0.2, 0.25) is 11.8 Å². The van der Waals surface area contributed by atoms with Crippen LogP contribution in [0.1, 0.15) is 83.9 Å². The molecule has 0 heterocycles. The summed E-state index contributed by atoms with van der Waals surface area (Å²) >= 11 is 0. The largest absolute Gasteiger partial charge is 0.508 e. The first-order valence-electron chi connectivity index (χ1n) is 15.1. The van der Waals surface area contributed by atoms with Crippen molar-refractivity contribution in [2.24, 2.45) is 0 Å². The minimum absolute atomic E-state index is 0.0159. The predicted octanol–water partition coefficient (Wildman–Crippen LogP) is 4.75. The van der Waals surface area contributed by atoms with Crippen LogP contribution in [-0.2, 0) is 30.3 Å². The Balaban J connectivity index is 2.52. The van der Waals surface area contributed by atoms with Gasteiger partial charge >= 0.3 is 12.1 Å². The Bertz CT molecular complexity index is 1230. The van der Waals surface area contributed by atoms with E-state index in [-0.39, 0.29) is 44.0 Å². The van der Waals surface area contributed by atoms with Gasteiger partial charge in [-0.3, -0.25) is 14.4 Å². The van der Waals surface area contributed by atoms with E-state index < -0.39 is 41.6 Å². The van der Waals surface area contributed by atoms with Crippen molar-refractivity contribution in [2.45, 2.75) is 90.8 Å². The Kier molecular flexibility index (Phi) is 14.5. The highest BCUT2D eigenvalue weighted by molar-refractivity contribution is 5.92. The second kappa shape index (κ2) is 17.7. The van der Waals surface area contributed by atoms with Crippen molar-refractivity contribution in [1.29, 1.82) is 0 Å². The lowest BCUT2D eigenvalue weighted by molar-refractivity contribution is -0.144. The summed E-state index contributed by atoms with van der Waals surface area (Å²) in [6.07, 6.45) is 2.48. The fourth-order valence-electron chi connectivity index (χ4n) is 4.58. The Hall–Kier alpha value is -4.28. The Morgan fingerprint density at radius 3 is 2.25 bits per heavy atom. The first kappa shape index (κ1) is 35.9. The number of phenolic OH excluding ortho intramolecular Hbond substituents is 2. The van der Waals surface area contributed by atoms with Gasteiger partial charge in [-0.25, -0.2) is 4.79 Å². The molecule has 0 aliphatic rings. The number of esters is 1. The molecule has 0 saturated heterocycles. The fraction of sp³-hybridized carbons (Fsp3) is 0.515. The maximum absolute atomic E-state index is 14.4. The van der Waals surface area contributed by atoms with Crippen molar-refractivity contribution >= 4 is 23.9 Å². The highest BCUT2D eigenvalue weighted by atomic mass is 16.6. The Morgan fingerprint density at radius 1 is 0.932 bits per heavy atom. The summed E-state index contributed by atoms with van der Waals surface area (Å²) in [6.45, 7) is 9.27. The molecule has 3 amide bonds. The first-order chi connectivity index (χ1) is 20.8. The summed E-state index contributed by atoms with van der Waals surface area (Å²) in [7, 11) is 0. The van der Waals surface area contributed by atoms with E-state index in [1.165, 1.54) is 29.2 Å². The quantitative estimate of drug-likeness (QED) is 0.156. The van der Waals surface area contributed by atoms with Gasteiger partial charge in [0, 0.05) is 19.5 Å². The zero-order chi connectivity index (χ0) is 32.7. The molecule has 242 valence electrons. The average Bonchev–Trinajstić information content (AvgIpc) is 2.94.